The molecule has 3 aromatic heterocycles. The molecule has 0 saturated carbocycles. The smallest absolute Gasteiger partial charge is 0.335 e. The number of hydrogen-bond acceptors (Lipinski definition) is 7. The Hall–Kier alpha value is -5.34. The lowest BCUT2D eigenvalue weighted by Gasteiger charge is -2.34. The first kappa shape index (κ1) is 32.6. The average Bonchev–Trinajstić information content (AvgIpc) is 3.64. The molecule has 0 spiro atoms. The van der Waals surface area contributed by atoms with E-state index in [1.165, 1.54) is 10.9 Å². The number of piperidine rings is 1. The third kappa shape index (κ3) is 6.07. The maximum atomic E-state index is 14.0. The number of amides is 1. The number of ether oxygens (including phenoxy) is 1. The SMILES string of the molecule is COc1ccc2c(c1)c(CC(=O)n1ccc3c([N+](C)=CC4CN(C(=O)CC#N)CC[C@H]4C)ncnc31)c(C)n2C(=O)c1ccc(Cl)cc1. The Balaban J connectivity index is 1.33. The molecule has 4 heterocycles. The fourth-order valence-electron chi connectivity index (χ4n) is 6.51. The third-order valence-electron chi connectivity index (χ3n) is 9.24. The van der Waals surface area contributed by atoms with E-state index in [4.69, 9.17) is 21.6 Å². The van der Waals surface area contributed by atoms with E-state index in [1.54, 1.807) is 53.1 Å². The molecule has 6 rings (SSSR count). The first-order valence-electron chi connectivity index (χ1n) is 15.7. The van der Waals surface area contributed by atoms with Crippen LogP contribution in [-0.2, 0) is 11.2 Å². The summed E-state index contributed by atoms with van der Waals surface area (Å²) in [6.07, 6.45) is 5.90. The molecule has 2 atom stereocenters. The van der Waals surface area contributed by atoms with E-state index in [1.807, 2.05) is 42.8 Å². The molecule has 5 aromatic rings. The van der Waals surface area contributed by atoms with Crippen LogP contribution < -0.4 is 4.74 Å². The number of methoxy groups -OCH3 is 1. The molecule has 244 valence electrons. The quantitative estimate of drug-likeness (QED) is 0.162. The van der Waals surface area contributed by atoms with Gasteiger partial charge in [0.05, 0.1) is 38.4 Å². The van der Waals surface area contributed by atoms with Gasteiger partial charge in [0.15, 0.2) is 5.65 Å². The molecule has 0 N–H and O–H groups in total. The van der Waals surface area contributed by atoms with Crippen LogP contribution in [-0.4, -0.2) is 79.8 Å². The van der Waals surface area contributed by atoms with Crippen molar-refractivity contribution in [2.45, 2.75) is 33.1 Å². The minimum Gasteiger partial charge on any atom is -0.497 e. The van der Waals surface area contributed by atoms with E-state index in [0.717, 1.165) is 11.8 Å². The summed E-state index contributed by atoms with van der Waals surface area (Å²) in [6, 6.07) is 15.9. The fraction of sp³-hybridized carbons (Fsp3) is 0.306. The van der Waals surface area contributed by atoms with E-state index in [0.29, 0.717) is 69.0 Å². The number of fused-ring (bicyclic) bond motifs is 2. The van der Waals surface area contributed by atoms with Gasteiger partial charge in [-0.05, 0) is 78.3 Å². The molecular formula is C36H35ClN7O4+. The van der Waals surface area contributed by atoms with Gasteiger partial charge in [-0.3, -0.25) is 23.5 Å². The number of carbonyl (C=O) groups excluding carboxylic acids is 3. The van der Waals surface area contributed by atoms with Gasteiger partial charge < -0.3 is 9.64 Å². The number of benzene rings is 2. The summed E-state index contributed by atoms with van der Waals surface area (Å²) in [5.41, 5.74) is 2.96. The van der Waals surface area contributed by atoms with Gasteiger partial charge >= 0.3 is 5.82 Å². The highest BCUT2D eigenvalue weighted by Gasteiger charge is 2.30. The number of rotatable bonds is 7. The summed E-state index contributed by atoms with van der Waals surface area (Å²) in [6.45, 7) is 5.16. The van der Waals surface area contributed by atoms with Crippen molar-refractivity contribution in [3.63, 3.8) is 0 Å². The Morgan fingerprint density at radius 2 is 1.88 bits per heavy atom. The summed E-state index contributed by atoms with van der Waals surface area (Å²) < 4.78 is 10.6. The lowest BCUT2D eigenvalue weighted by atomic mass is 9.87. The molecule has 1 aliphatic rings. The molecule has 12 heteroatoms. The van der Waals surface area contributed by atoms with Gasteiger partial charge in [-0.25, -0.2) is 4.58 Å². The minimum absolute atomic E-state index is 0.00757. The van der Waals surface area contributed by atoms with Crippen LogP contribution in [0.1, 0.15) is 46.2 Å². The topological polar surface area (TPSA) is 126 Å². The number of carbonyl (C=O) groups is 3. The maximum Gasteiger partial charge on any atom is 0.335 e. The van der Waals surface area contributed by atoms with E-state index >= 15 is 0 Å². The maximum absolute atomic E-state index is 14.0. The molecule has 11 nitrogen and oxygen atoms in total. The second-order valence-corrected chi connectivity index (χ2v) is 12.6. The fourth-order valence-corrected chi connectivity index (χ4v) is 6.64. The largest absolute Gasteiger partial charge is 0.497 e. The number of aromatic nitrogens is 4. The Morgan fingerprint density at radius 3 is 2.60 bits per heavy atom. The molecule has 1 saturated heterocycles. The van der Waals surface area contributed by atoms with Gasteiger partial charge in [0.25, 0.3) is 5.91 Å². The monoisotopic (exact) mass is 664 g/mol. The van der Waals surface area contributed by atoms with E-state index in [2.05, 4.69) is 23.1 Å². The normalized spacial score (nSPS) is 16.7. The standard InChI is InChI=1S/C36H35ClN7O4/c1-22-12-15-42(32(45)11-14-38)20-25(22)19-41(3)34-28-13-16-43(35(28)40-21-39-34)33(46)18-29-23(2)44(31-10-9-27(48-4)17-30(29)31)36(47)24-5-7-26(37)8-6-24/h5-10,13,16-17,19,21-22,25H,11-12,15,18,20H2,1-4H3/q+1/t22-,25?/m1/s1. The van der Waals surface area contributed by atoms with Crippen molar-refractivity contribution in [3.05, 3.63) is 82.9 Å². The van der Waals surface area contributed by atoms with Crippen LogP contribution >= 0.6 is 11.6 Å². The number of nitrogens with zero attached hydrogens (tertiary/aromatic N) is 7. The molecule has 1 amide bonds. The van der Waals surface area contributed by atoms with Gasteiger partial charge in [0.2, 0.25) is 18.1 Å². The van der Waals surface area contributed by atoms with Crippen LogP contribution in [0, 0.1) is 30.1 Å². The summed E-state index contributed by atoms with van der Waals surface area (Å²) in [5, 5.41) is 11.0. The van der Waals surface area contributed by atoms with Crippen LogP contribution in [0.25, 0.3) is 21.9 Å². The highest BCUT2D eigenvalue weighted by Crippen LogP contribution is 2.32. The summed E-state index contributed by atoms with van der Waals surface area (Å²) in [4.78, 5) is 50.9. The van der Waals surface area contributed by atoms with Crippen LogP contribution in [0.4, 0.5) is 5.82 Å². The van der Waals surface area contributed by atoms with E-state index < -0.39 is 0 Å². The molecule has 0 aliphatic carbocycles. The van der Waals surface area contributed by atoms with Crippen molar-refractivity contribution in [3.8, 4) is 11.8 Å². The third-order valence-corrected chi connectivity index (χ3v) is 9.49. The molecule has 1 unspecified atom stereocenters. The van der Waals surface area contributed by atoms with E-state index in [9.17, 15) is 14.4 Å². The summed E-state index contributed by atoms with van der Waals surface area (Å²) in [5.74, 6) is 1.02. The molecule has 1 aliphatic heterocycles. The average molecular weight is 665 g/mol. The molecule has 48 heavy (non-hydrogen) atoms. The minimum atomic E-state index is -0.231. The van der Waals surface area contributed by atoms with Crippen molar-refractivity contribution in [2.24, 2.45) is 11.8 Å². The molecular weight excluding hydrogens is 630 g/mol. The molecule has 2 aromatic carbocycles. The van der Waals surface area contributed by atoms with Crippen molar-refractivity contribution in [1.82, 2.24) is 24.0 Å². The van der Waals surface area contributed by atoms with Gasteiger partial charge in [-0.15, -0.1) is 0 Å². The van der Waals surface area contributed by atoms with Gasteiger partial charge in [0, 0.05) is 46.9 Å². The number of hydrogen-bond donors (Lipinski definition) is 0. The second-order valence-electron chi connectivity index (χ2n) is 12.1. The predicted octanol–water partition coefficient (Wildman–Crippen LogP) is 5.67. The summed E-state index contributed by atoms with van der Waals surface area (Å²) >= 11 is 6.07. The number of likely N-dealkylation sites (tertiary alicyclic amines) is 1. The Kier molecular flexibility index (Phi) is 9.11. The van der Waals surface area contributed by atoms with Crippen LogP contribution in [0.2, 0.25) is 5.02 Å². The molecule has 0 bridgehead atoms. The zero-order valence-corrected chi connectivity index (χ0v) is 27.9. The van der Waals surface area contributed by atoms with Gasteiger partial charge in [-0.2, -0.15) is 10.2 Å². The van der Waals surface area contributed by atoms with Gasteiger partial charge in [0.1, 0.15) is 17.6 Å². The Morgan fingerprint density at radius 1 is 1.10 bits per heavy atom. The zero-order chi connectivity index (χ0) is 34.1. The van der Waals surface area contributed by atoms with Crippen LogP contribution in [0.5, 0.6) is 5.75 Å². The highest BCUT2D eigenvalue weighted by molar-refractivity contribution is 6.30. The van der Waals surface area contributed by atoms with Crippen molar-refractivity contribution in [2.75, 3.05) is 27.2 Å². The lowest BCUT2D eigenvalue weighted by molar-refractivity contribution is -0.405. The number of halogens is 1. The summed E-state index contributed by atoms with van der Waals surface area (Å²) in [7, 11) is 3.47. The van der Waals surface area contributed by atoms with Crippen molar-refractivity contribution < 1.29 is 23.7 Å². The zero-order valence-electron chi connectivity index (χ0n) is 27.2. The molecule has 0 radical (unpaired) electrons. The van der Waals surface area contributed by atoms with Crippen molar-refractivity contribution >= 4 is 63.3 Å². The lowest BCUT2D eigenvalue weighted by Crippen LogP contribution is -2.44. The van der Waals surface area contributed by atoms with Gasteiger partial charge in [-0.1, -0.05) is 18.5 Å². The first-order chi connectivity index (χ1) is 23.1. The number of nitriles is 1. The Bertz CT molecular complexity index is 2140. The second kappa shape index (κ2) is 13.4. The highest BCUT2D eigenvalue weighted by atomic mass is 35.5. The first-order valence-corrected chi connectivity index (χ1v) is 16.0. The van der Waals surface area contributed by atoms with Crippen molar-refractivity contribution in [1.29, 1.82) is 5.26 Å². The Labute approximate surface area is 282 Å². The van der Waals surface area contributed by atoms with Crippen LogP contribution in [0.3, 0.4) is 0 Å². The predicted molar refractivity (Wildman–Crippen MR) is 182 cm³/mol. The van der Waals surface area contributed by atoms with E-state index in [-0.39, 0.29) is 36.5 Å². The van der Waals surface area contributed by atoms with Crippen LogP contribution in [0.15, 0.2) is 61.1 Å². The molecule has 1 fully saturated rings.